The first kappa shape index (κ1) is 24.7. The molecule has 1 heterocycles. The molecule has 34 heavy (non-hydrogen) atoms. The summed E-state index contributed by atoms with van der Waals surface area (Å²) in [6, 6.07) is 9.23. The Morgan fingerprint density at radius 1 is 1.00 bits per heavy atom. The van der Waals surface area contributed by atoms with Crippen molar-refractivity contribution in [2.24, 2.45) is 0 Å². The van der Waals surface area contributed by atoms with Crippen molar-refractivity contribution in [3.8, 4) is 28.7 Å². The van der Waals surface area contributed by atoms with Crippen LogP contribution >= 0.6 is 0 Å². The number of aromatic nitrogens is 2. The van der Waals surface area contributed by atoms with Crippen LogP contribution in [0.15, 0.2) is 51.8 Å². The Morgan fingerprint density at radius 2 is 1.62 bits per heavy atom. The van der Waals surface area contributed by atoms with Gasteiger partial charge in [-0.05, 0) is 48.0 Å². The fourth-order valence-electron chi connectivity index (χ4n) is 2.89. The maximum atomic E-state index is 12.3. The van der Waals surface area contributed by atoms with Gasteiger partial charge in [-0.1, -0.05) is 5.10 Å². The molecule has 1 amide bonds. The fourth-order valence-corrected chi connectivity index (χ4v) is 3.79. The second-order valence-corrected chi connectivity index (χ2v) is 9.16. The number of ether oxygens (including phenoxy) is 3. The Balaban J connectivity index is 1.71. The number of benzene rings is 2. The Kier molecular flexibility index (Phi) is 7.54. The molecule has 11 nitrogen and oxygen atoms in total. The molecule has 0 atom stereocenters. The highest BCUT2D eigenvalue weighted by Gasteiger charge is 2.18. The van der Waals surface area contributed by atoms with Crippen LogP contribution in [0.25, 0.3) is 17.5 Å². The number of rotatable bonds is 9. The van der Waals surface area contributed by atoms with Gasteiger partial charge in [0.25, 0.3) is 5.91 Å². The summed E-state index contributed by atoms with van der Waals surface area (Å²) in [6.45, 7) is 0. The monoisotopic (exact) mass is 488 g/mol. The zero-order chi connectivity index (χ0) is 24.9. The molecule has 3 aromatic rings. The second kappa shape index (κ2) is 10.4. The number of methoxy groups -OCH3 is 3. The smallest absolute Gasteiger partial charge is 0.322 e. The summed E-state index contributed by atoms with van der Waals surface area (Å²) in [6.07, 6.45) is 2.84. The topological polar surface area (TPSA) is 133 Å². The van der Waals surface area contributed by atoms with E-state index in [1.165, 1.54) is 53.6 Å². The van der Waals surface area contributed by atoms with Gasteiger partial charge in [0.05, 0.1) is 26.2 Å². The number of hydrogen-bond acceptors (Lipinski definition) is 9. The number of sulfonamides is 1. The van der Waals surface area contributed by atoms with Crippen molar-refractivity contribution in [2.45, 2.75) is 4.90 Å². The van der Waals surface area contributed by atoms with Gasteiger partial charge in [-0.2, -0.15) is 0 Å². The quantitative estimate of drug-likeness (QED) is 0.451. The molecule has 3 rings (SSSR count). The Bertz CT molecular complexity index is 1270. The van der Waals surface area contributed by atoms with Crippen molar-refractivity contribution in [3.05, 3.63) is 48.0 Å². The molecule has 0 unspecified atom stereocenters. The van der Waals surface area contributed by atoms with Gasteiger partial charge in [-0.25, -0.2) is 12.7 Å². The van der Waals surface area contributed by atoms with Crippen molar-refractivity contribution < 1.29 is 31.8 Å². The van der Waals surface area contributed by atoms with Gasteiger partial charge in [-0.15, -0.1) is 5.10 Å². The zero-order valence-electron chi connectivity index (χ0n) is 19.2. The lowest BCUT2D eigenvalue weighted by Crippen LogP contribution is -2.22. The Labute approximate surface area is 197 Å². The summed E-state index contributed by atoms with van der Waals surface area (Å²) in [4.78, 5) is 12.4. The maximum Gasteiger partial charge on any atom is 0.322 e. The van der Waals surface area contributed by atoms with Gasteiger partial charge in [0.2, 0.25) is 21.7 Å². The number of amides is 1. The van der Waals surface area contributed by atoms with Gasteiger partial charge in [-0.3, -0.25) is 10.1 Å². The average Bonchev–Trinajstić information content (AvgIpc) is 3.30. The SMILES string of the molecule is COc1cc(C=CC(=O)Nc2nnc(-c3ccc(S(=O)(=O)N(C)C)cc3)o2)cc(OC)c1OC. The summed E-state index contributed by atoms with van der Waals surface area (Å²) in [5.74, 6) is 0.965. The predicted octanol–water partition coefficient (Wildman–Crippen LogP) is 2.66. The maximum absolute atomic E-state index is 12.3. The van der Waals surface area contributed by atoms with E-state index in [0.29, 0.717) is 28.4 Å². The molecule has 2 aromatic carbocycles. The number of hydrogen-bond donors (Lipinski definition) is 1. The summed E-state index contributed by atoms with van der Waals surface area (Å²) in [7, 11) is 3.85. The molecule has 0 bridgehead atoms. The lowest BCUT2D eigenvalue weighted by molar-refractivity contribution is -0.112. The Morgan fingerprint density at radius 3 is 2.15 bits per heavy atom. The normalized spacial score (nSPS) is 11.6. The molecule has 1 aromatic heterocycles. The zero-order valence-corrected chi connectivity index (χ0v) is 20.0. The molecule has 12 heteroatoms. The minimum absolute atomic E-state index is 0.112. The highest BCUT2D eigenvalue weighted by atomic mass is 32.2. The van der Waals surface area contributed by atoms with E-state index in [4.69, 9.17) is 18.6 Å². The summed E-state index contributed by atoms with van der Waals surface area (Å²) in [5.41, 5.74) is 1.14. The van der Waals surface area contributed by atoms with Gasteiger partial charge in [0, 0.05) is 25.7 Å². The van der Waals surface area contributed by atoms with E-state index in [1.807, 2.05) is 0 Å². The molecule has 0 saturated heterocycles. The van der Waals surface area contributed by atoms with Crippen LogP contribution in [0.2, 0.25) is 0 Å². The van der Waals surface area contributed by atoms with Crippen molar-refractivity contribution in [2.75, 3.05) is 40.7 Å². The highest BCUT2D eigenvalue weighted by Crippen LogP contribution is 2.38. The summed E-state index contributed by atoms with van der Waals surface area (Å²) >= 11 is 0. The number of anilines is 1. The molecule has 0 aliphatic carbocycles. The summed E-state index contributed by atoms with van der Waals surface area (Å²) in [5, 5.41) is 10.2. The predicted molar refractivity (Wildman–Crippen MR) is 124 cm³/mol. The Hall–Kier alpha value is -3.90. The van der Waals surface area contributed by atoms with Crippen molar-refractivity contribution in [1.29, 1.82) is 0 Å². The molecule has 0 saturated carbocycles. The molecular weight excluding hydrogens is 464 g/mol. The standard InChI is InChI=1S/C22H24N4O7S/c1-26(2)34(28,29)16-9-7-15(8-10-16)21-24-25-22(33-21)23-19(27)11-6-14-12-17(30-3)20(32-5)18(13-14)31-4/h6-13H,1-5H3,(H,23,25,27). The third-order valence-corrected chi connectivity index (χ3v) is 6.48. The van der Waals surface area contributed by atoms with E-state index >= 15 is 0 Å². The van der Waals surface area contributed by atoms with Crippen LogP contribution in [-0.2, 0) is 14.8 Å². The number of carbonyl (C=O) groups is 1. The van der Waals surface area contributed by atoms with Crippen LogP contribution in [0.1, 0.15) is 5.56 Å². The van der Waals surface area contributed by atoms with Crippen LogP contribution in [0, 0.1) is 0 Å². The van der Waals surface area contributed by atoms with E-state index in [0.717, 1.165) is 4.31 Å². The minimum Gasteiger partial charge on any atom is -0.493 e. The average molecular weight is 489 g/mol. The molecule has 0 aliphatic rings. The third-order valence-electron chi connectivity index (χ3n) is 4.65. The van der Waals surface area contributed by atoms with E-state index in [2.05, 4.69) is 15.5 Å². The minimum atomic E-state index is -3.55. The first-order chi connectivity index (χ1) is 16.2. The van der Waals surface area contributed by atoms with Gasteiger partial charge < -0.3 is 18.6 Å². The van der Waals surface area contributed by atoms with E-state index in [-0.39, 0.29) is 16.8 Å². The summed E-state index contributed by atoms with van der Waals surface area (Å²) < 4.78 is 46.8. The number of carbonyl (C=O) groups excluding carboxylic acids is 1. The molecule has 1 N–H and O–H groups in total. The third kappa shape index (κ3) is 5.35. The van der Waals surface area contributed by atoms with Crippen LogP contribution in [0.5, 0.6) is 17.2 Å². The molecule has 0 aliphatic heterocycles. The lowest BCUT2D eigenvalue weighted by atomic mass is 10.1. The van der Waals surface area contributed by atoms with E-state index in [9.17, 15) is 13.2 Å². The van der Waals surface area contributed by atoms with Crippen LogP contribution in [0.3, 0.4) is 0 Å². The van der Waals surface area contributed by atoms with Crippen LogP contribution in [0.4, 0.5) is 6.01 Å². The van der Waals surface area contributed by atoms with Crippen LogP contribution in [-0.4, -0.2) is 64.3 Å². The van der Waals surface area contributed by atoms with Crippen LogP contribution < -0.4 is 19.5 Å². The fraction of sp³-hybridized carbons (Fsp3) is 0.227. The van der Waals surface area contributed by atoms with Crippen molar-refractivity contribution >= 4 is 28.0 Å². The molecular formula is C22H24N4O7S. The largest absolute Gasteiger partial charge is 0.493 e. The van der Waals surface area contributed by atoms with Gasteiger partial charge >= 0.3 is 6.01 Å². The second-order valence-electron chi connectivity index (χ2n) is 7.01. The first-order valence-corrected chi connectivity index (χ1v) is 11.3. The van der Waals surface area contributed by atoms with Gasteiger partial charge in [0.15, 0.2) is 11.5 Å². The number of nitrogens with zero attached hydrogens (tertiary/aromatic N) is 3. The highest BCUT2D eigenvalue weighted by molar-refractivity contribution is 7.89. The first-order valence-electron chi connectivity index (χ1n) is 9.85. The number of nitrogens with one attached hydrogen (secondary N) is 1. The molecule has 0 fully saturated rings. The molecule has 0 radical (unpaired) electrons. The van der Waals surface area contributed by atoms with Gasteiger partial charge in [0.1, 0.15) is 0 Å². The van der Waals surface area contributed by atoms with E-state index < -0.39 is 15.9 Å². The lowest BCUT2D eigenvalue weighted by Gasteiger charge is -2.12. The molecule has 180 valence electrons. The molecule has 0 spiro atoms. The van der Waals surface area contributed by atoms with Crippen molar-refractivity contribution in [3.63, 3.8) is 0 Å². The van der Waals surface area contributed by atoms with E-state index in [1.54, 1.807) is 30.3 Å². The van der Waals surface area contributed by atoms with Crippen molar-refractivity contribution in [1.82, 2.24) is 14.5 Å².